The Morgan fingerprint density at radius 1 is 0.607 bits per heavy atom. The van der Waals surface area contributed by atoms with E-state index in [9.17, 15) is 65.7 Å². The summed E-state index contributed by atoms with van der Waals surface area (Å²) in [5.41, 5.74) is -3.85. The van der Waals surface area contributed by atoms with Crippen molar-refractivity contribution in [2.45, 2.75) is 283 Å². The Kier molecular flexibility index (Phi) is 25.6. The predicted molar refractivity (Wildman–Crippen MR) is 367 cm³/mol. The molecule has 0 bridgehead atoms. The van der Waals surface area contributed by atoms with Crippen molar-refractivity contribution in [3.63, 3.8) is 0 Å². The number of nitro groups is 1. The Labute approximate surface area is 655 Å². The van der Waals surface area contributed by atoms with E-state index in [1.807, 2.05) is 0 Å². The molecule has 11 saturated heterocycles. The van der Waals surface area contributed by atoms with Gasteiger partial charge in [-0.3, -0.25) is 14.9 Å². The van der Waals surface area contributed by atoms with Crippen molar-refractivity contribution in [3.05, 3.63) is 53.5 Å². The Balaban J connectivity index is 0.649. The van der Waals surface area contributed by atoms with Crippen LogP contribution < -0.4 is 4.74 Å². The van der Waals surface area contributed by atoms with Gasteiger partial charge in [-0.1, -0.05) is 34.8 Å². The molecule has 11 aliphatic rings. The van der Waals surface area contributed by atoms with Crippen LogP contribution in [0, 0.1) is 35.8 Å². The van der Waals surface area contributed by atoms with Crippen LogP contribution in [0.25, 0.3) is 0 Å². The zero-order chi connectivity index (χ0) is 81.0. The second-order valence-electron chi connectivity index (χ2n) is 30.2. The van der Waals surface area contributed by atoms with E-state index in [2.05, 4.69) is 0 Å². The number of halogens is 3. The highest BCUT2D eigenvalue weighted by molar-refractivity contribution is 6.39. The molecule has 2 aromatic carbocycles. The molecule has 42 heteroatoms. The highest BCUT2D eigenvalue weighted by Gasteiger charge is 2.70. The molecule has 2 spiro atoms. The largest absolute Gasteiger partial charge is 0.506 e. The smallest absolute Gasteiger partial charge is 0.344 e. The summed E-state index contributed by atoms with van der Waals surface area (Å²) >= 11 is 18.8. The lowest BCUT2D eigenvalue weighted by Crippen LogP contribution is -2.68. The topological polar surface area (TPSA) is 490 Å². The minimum atomic E-state index is -2.11. The number of aliphatic hydroxyl groups excluding tert-OH is 6. The van der Waals surface area contributed by atoms with Crippen molar-refractivity contribution < 1.29 is 179 Å². The number of aromatic hydroxyl groups is 3. The second kappa shape index (κ2) is 33.5. The minimum absolute atomic E-state index is 0.0617. The van der Waals surface area contributed by atoms with Crippen LogP contribution in [-0.2, 0) is 114 Å². The summed E-state index contributed by atoms with van der Waals surface area (Å²) in [6.45, 7) is 11.8. The van der Waals surface area contributed by atoms with E-state index in [0.29, 0.717) is 0 Å². The summed E-state index contributed by atoms with van der Waals surface area (Å²) < 4.78 is 153. The first-order chi connectivity index (χ1) is 53.0. The molecule has 112 heavy (non-hydrogen) atoms. The number of carbonyl (C=O) groups excluding carboxylic acids is 2. The van der Waals surface area contributed by atoms with Crippen molar-refractivity contribution in [3.8, 4) is 23.0 Å². The number of methoxy groups -OCH3 is 5. The van der Waals surface area contributed by atoms with Crippen molar-refractivity contribution in [1.82, 2.24) is 0 Å². The summed E-state index contributed by atoms with van der Waals surface area (Å²) in [6.07, 6.45) is -42.0. The quantitative estimate of drug-likeness (QED) is 0.0488. The number of hydrogen-bond acceptors (Lipinski definition) is 38. The van der Waals surface area contributed by atoms with Crippen molar-refractivity contribution >= 4 is 46.7 Å². The first-order valence-corrected chi connectivity index (χ1v) is 37.6. The molecule has 0 saturated carbocycles. The van der Waals surface area contributed by atoms with Gasteiger partial charge in [0.2, 0.25) is 6.29 Å². The molecule has 9 N–H and O–H groups in total. The van der Waals surface area contributed by atoms with Crippen LogP contribution in [0.5, 0.6) is 23.0 Å². The zero-order valence-corrected chi connectivity index (χ0v) is 65.3. The lowest BCUT2D eigenvalue weighted by atomic mass is 9.85. The first-order valence-electron chi connectivity index (χ1n) is 36.5. The van der Waals surface area contributed by atoms with Gasteiger partial charge in [-0.15, -0.1) is 0 Å². The normalized spacial score (nSPS) is 45.4. The number of aryl methyl sites for hydroxylation is 1. The number of hydrogen-bond donors (Lipinski definition) is 9. The molecular formula is C70H96Cl3NO38. The van der Waals surface area contributed by atoms with E-state index in [1.165, 1.54) is 69.3 Å². The molecule has 2 unspecified atom stereocenters. The third-order valence-corrected chi connectivity index (χ3v) is 24.0. The maximum absolute atomic E-state index is 14.3. The van der Waals surface area contributed by atoms with Gasteiger partial charge >= 0.3 is 11.9 Å². The van der Waals surface area contributed by atoms with E-state index < -0.39 is 253 Å². The number of ether oxygens (including phenoxy) is 25. The molecule has 11 aliphatic heterocycles. The average molecular weight is 1670 g/mol. The molecular weight excluding hydrogens is 1570 g/mol. The van der Waals surface area contributed by atoms with Gasteiger partial charge in [0.05, 0.1) is 87.8 Å². The van der Waals surface area contributed by atoms with Gasteiger partial charge in [0.25, 0.3) is 17.5 Å². The van der Waals surface area contributed by atoms with Gasteiger partial charge in [-0.2, -0.15) is 0 Å². The lowest BCUT2D eigenvalue weighted by molar-refractivity contribution is -0.595. The molecule has 0 radical (unpaired) electrons. The van der Waals surface area contributed by atoms with Crippen molar-refractivity contribution in [2.75, 3.05) is 62.0 Å². The van der Waals surface area contributed by atoms with Gasteiger partial charge in [0.1, 0.15) is 118 Å². The SMILES string of the molecule is COC[C@H]1O[C@@H](O[C@@H]2OC[C@@H]3OC4(C[C@@H]5COC[C@H]5[C@H](OC(=O)c5c(C)cc(O)c(Cl)c5O)O4)O[C@H]3[C@H]2O)[C@@H](OC)[C@@H](O)[C@@H]1O[C@@H]1O[C@H](O)[C@H](OC)[C@H](O[C@@H]2O[C@H](C)[C@H]3OC4(C[C@@H](O)[C@H](O[C@H]5C[C@@H](O[C@H]6C[C@](C)([N+](=O)[O-])[C@@H](OC)[C@H](C)O6)[C@H](OC(=O)c6c(C)c(Cl)c(O)c(Cl)c6OC)[C@@H](C)O5)[C@@H](C)O4)O[C@]3(C)[C@@H]2O)[C@H]1O. The van der Waals surface area contributed by atoms with Crippen LogP contribution >= 0.6 is 34.8 Å². The van der Waals surface area contributed by atoms with Crippen LogP contribution in [0.3, 0.4) is 0 Å². The Hall–Kier alpha value is -4.27. The van der Waals surface area contributed by atoms with Gasteiger partial charge in [-0.25, -0.2) is 9.59 Å². The summed E-state index contributed by atoms with van der Waals surface area (Å²) in [6, 6.07) is 1.19. The number of aliphatic hydroxyl groups is 6. The van der Waals surface area contributed by atoms with Gasteiger partial charge < -0.3 is 160 Å². The molecule has 630 valence electrons. The fourth-order valence-electron chi connectivity index (χ4n) is 17.1. The summed E-state index contributed by atoms with van der Waals surface area (Å²) in [7, 11) is 6.28. The van der Waals surface area contributed by atoms with Crippen molar-refractivity contribution in [2.24, 2.45) is 11.8 Å². The van der Waals surface area contributed by atoms with E-state index >= 15 is 0 Å². The molecule has 35 atom stereocenters. The van der Waals surface area contributed by atoms with Gasteiger partial charge in [0.15, 0.2) is 73.5 Å². The third-order valence-electron chi connectivity index (χ3n) is 22.8. The Morgan fingerprint density at radius 2 is 1.31 bits per heavy atom. The molecule has 0 aromatic heterocycles. The summed E-state index contributed by atoms with van der Waals surface area (Å²) in [4.78, 5) is 40.1. The monoisotopic (exact) mass is 1660 g/mol. The van der Waals surface area contributed by atoms with Gasteiger partial charge in [-0.05, 0) is 65.7 Å². The predicted octanol–water partition coefficient (Wildman–Crippen LogP) is 1.71. The summed E-state index contributed by atoms with van der Waals surface area (Å²) in [5, 5.41) is 116. The second-order valence-corrected chi connectivity index (χ2v) is 31.3. The molecule has 2 aromatic rings. The molecule has 0 amide bonds. The summed E-state index contributed by atoms with van der Waals surface area (Å²) in [5.74, 6) is -8.88. The van der Waals surface area contributed by atoms with E-state index in [1.54, 1.807) is 27.7 Å². The molecule has 13 rings (SSSR count). The average Bonchev–Trinajstić information content (AvgIpc) is 1.56. The number of carbonyl (C=O) groups is 2. The van der Waals surface area contributed by atoms with Crippen LogP contribution in [-0.4, -0.2) is 326 Å². The van der Waals surface area contributed by atoms with Crippen molar-refractivity contribution in [1.29, 1.82) is 0 Å². The number of phenols is 3. The van der Waals surface area contributed by atoms with E-state index in [4.69, 9.17) is 153 Å². The van der Waals surface area contributed by atoms with E-state index in [-0.39, 0.29) is 89.7 Å². The number of benzene rings is 2. The first kappa shape index (κ1) is 85.6. The lowest BCUT2D eigenvalue weighted by Gasteiger charge is -2.50. The minimum Gasteiger partial charge on any atom is -0.506 e. The third kappa shape index (κ3) is 15.7. The molecule has 11 fully saturated rings. The number of nitrogens with zero attached hydrogens (tertiary/aromatic N) is 1. The van der Waals surface area contributed by atoms with Crippen LogP contribution in [0.2, 0.25) is 15.1 Å². The maximum Gasteiger partial charge on any atom is 0.344 e. The zero-order valence-electron chi connectivity index (χ0n) is 63.1. The van der Waals surface area contributed by atoms with Crippen LogP contribution in [0.4, 0.5) is 0 Å². The highest BCUT2D eigenvalue weighted by Crippen LogP contribution is 2.54. The van der Waals surface area contributed by atoms with Crippen LogP contribution in [0.1, 0.15) is 99.1 Å². The molecule has 39 nitrogen and oxygen atoms in total. The number of phenolic OH excluding ortho intramolecular Hbond substituents is 3. The Morgan fingerprint density at radius 3 is 1.99 bits per heavy atom. The Bertz CT molecular complexity index is 3710. The number of fused-ring (bicyclic) bond motifs is 3. The molecule has 0 aliphatic carbocycles. The fraction of sp³-hybridized carbons (Fsp3) is 0.800. The van der Waals surface area contributed by atoms with E-state index in [0.717, 1.165) is 0 Å². The number of esters is 2. The maximum atomic E-state index is 14.3. The number of rotatable bonds is 21. The fourth-order valence-corrected chi connectivity index (χ4v) is 17.8. The van der Waals surface area contributed by atoms with Gasteiger partial charge in [0, 0.05) is 59.0 Å². The standard InChI is InChI=1S/C70H96Cl3NO38/c1-23-14-31(75)41(72)43(77)38(23)59(83)104-62-30-20-93-19-29(30)16-69(111-62)108-35-22-94-63(46(80)51(35)109-69)106-65-54(90-11)45(79)50(34(99-65)21-88-9)102-64-47(81)53(55(91-12)61(85)105-64)103-66-56(82)68(8)58(28(6)97-66)110-70(112-68)17-32(76)48(26(4)107-70)100-36-15-33(98-37-18-67(7,74(86)87)57(92-13)27(5)96-37)49(25(3)95-36)101-60(84)39-24(2)40(71)44(78)42(73)52(39)89-10/h14,25-30,32-37,45-51,53-58,61-66,75-82,85H,15-22H2,1-13H3/t25-,26-,27+,28-,29-,30-,32-,33-,34-,35+,36+,37+,45+,46-,47-,48-,49-,50-,51-,53-,54+,55-,56-,57+,58-,61+,62-,63+,64-,65+,66+,67+,68-,69?,70?/m1/s1. The van der Waals surface area contributed by atoms with Crippen LogP contribution in [0.15, 0.2) is 6.07 Å². The highest BCUT2D eigenvalue weighted by atomic mass is 35.5. The molecule has 11 heterocycles.